The zero-order valence-corrected chi connectivity index (χ0v) is 18.4. The zero-order valence-electron chi connectivity index (χ0n) is 18.4. The maximum atomic E-state index is 12.3. The summed E-state index contributed by atoms with van der Waals surface area (Å²) in [5.74, 6) is 2.26. The van der Waals surface area contributed by atoms with Gasteiger partial charge >= 0.3 is 5.63 Å². The lowest BCUT2D eigenvalue weighted by molar-refractivity contribution is 0.297. The van der Waals surface area contributed by atoms with Crippen molar-refractivity contribution in [3.63, 3.8) is 0 Å². The molecule has 1 heterocycles. The Morgan fingerprint density at radius 1 is 0.812 bits per heavy atom. The molecule has 3 aromatic carbocycles. The molecule has 0 fully saturated rings. The molecule has 0 atom stereocenters. The Kier molecular flexibility index (Phi) is 6.03. The van der Waals surface area contributed by atoms with Crippen LogP contribution in [-0.2, 0) is 6.61 Å². The third-order valence-electron chi connectivity index (χ3n) is 5.31. The van der Waals surface area contributed by atoms with Crippen molar-refractivity contribution in [2.24, 2.45) is 0 Å². The standard InChI is InChI=1S/C26H24O6/c1-16-21(31-15-17-12-22(28-2)26(30-4)23(13-17)29-3)11-10-19-20(14-24(27)32-25(16)19)18-8-6-5-7-9-18/h5-14H,15H2,1-4H3. The van der Waals surface area contributed by atoms with Gasteiger partial charge in [0, 0.05) is 17.0 Å². The van der Waals surface area contributed by atoms with Crippen LogP contribution in [0.3, 0.4) is 0 Å². The number of ether oxygens (including phenoxy) is 4. The minimum absolute atomic E-state index is 0.270. The first-order valence-corrected chi connectivity index (χ1v) is 10.1. The van der Waals surface area contributed by atoms with Crippen molar-refractivity contribution in [3.05, 3.63) is 82.2 Å². The first kappa shape index (κ1) is 21.3. The molecule has 0 spiro atoms. The second kappa shape index (κ2) is 9.06. The summed E-state index contributed by atoms with van der Waals surface area (Å²) in [5.41, 5.74) is 3.50. The summed E-state index contributed by atoms with van der Waals surface area (Å²) in [6, 6.07) is 18.8. The molecule has 0 amide bonds. The number of hydrogen-bond donors (Lipinski definition) is 0. The molecule has 6 heteroatoms. The van der Waals surface area contributed by atoms with Crippen LogP contribution in [0, 0.1) is 6.92 Å². The quantitative estimate of drug-likeness (QED) is 0.366. The molecule has 0 unspecified atom stereocenters. The van der Waals surface area contributed by atoms with Crippen LogP contribution >= 0.6 is 0 Å². The van der Waals surface area contributed by atoms with E-state index in [9.17, 15) is 4.79 Å². The minimum atomic E-state index is -0.402. The van der Waals surface area contributed by atoms with Crippen molar-refractivity contribution in [2.75, 3.05) is 21.3 Å². The predicted octanol–water partition coefficient (Wildman–Crippen LogP) is 5.37. The Bertz CT molecular complexity index is 1280. The summed E-state index contributed by atoms with van der Waals surface area (Å²) in [6.07, 6.45) is 0. The summed E-state index contributed by atoms with van der Waals surface area (Å²) < 4.78 is 27.8. The smallest absolute Gasteiger partial charge is 0.336 e. The zero-order chi connectivity index (χ0) is 22.7. The van der Waals surface area contributed by atoms with Crippen molar-refractivity contribution in [1.29, 1.82) is 0 Å². The summed E-state index contributed by atoms with van der Waals surface area (Å²) in [7, 11) is 4.70. The first-order valence-electron chi connectivity index (χ1n) is 10.1. The molecule has 0 N–H and O–H groups in total. The molecule has 164 valence electrons. The largest absolute Gasteiger partial charge is 0.493 e. The van der Waals surface area contributed by atoms with E-state index in [0.29, 0.717) is 28.6 Å². The van der Waals surface area contributed by atoms with Crippen molar-refractivity contribution < 1.29 is 23.4 Å². The van der Waals surface area contributed by atoms with Gasteiger partial charge in [0.25, 0.3) is 0 Å². The number of rotatable bonds is 7. The van der Waals surface area contributed by atoms with Gasteiger partial charge in [0.1, 0.15) is 17.9 Å². The fourth-order valence-electron chi connectivity index (χ4n) is 3.74. The van der Waals surface area contributed by atoms with Gasteiger partial charge in [0.05, 0.1) is 21.3 Å². The topological polar surface area (TPSA) is 67.1 Å². The summed E-state index contributed by atoms with van der Waals surface area (Å²) in [6.45, 7) is 2.15. The predicted molar refractivity (Wildman–Crippen MR) is 123 cm³/mol. The van der Waals surface area contributed by atoms with Gasteiger partial charge in [0.2, 0.25) is 5.75 Å². The Hall–Kier alpha value is -3.93. The van der Waals surface area contributed by atoms with Gasteiger partial charge in [-0.3, -0.25) is 0 Å². The number of benzene rings is 3. The van der Waals surface area contributed by atoms with Gasteiger partial charge in [-0.25, -0.2) is 4.79 Å². The summed E-state index contributed by atoms with van der Waals surface area (Å²) >= 11 is 0. The molecule has 4 rings (SSSR count). The second-order valence-electron chi connectivity index (χ2n) is 7.23. The molecular formula is C26H24O6. The SMILES string of the molecule is COc1cc(COc2ccc3c(-c4ccccc4)cc(=O)oc3c2C)cc(OC)c1OC. The average molecular weight is 432 g/mol. The number of hydrogen-bond acceptors (Lipinski definition) is 6. The molecule has 0 aliphatic carbocycles. The Labute approximate surface area is 185 Å². The first-order chi connectivity index (χ1) is 15.5. The molecule has 0 bridgehead atoms. The third-order valence-corrected chi connectivity index (χ3v) is 5.31. The van der Waals surface area contributed by atoms with Crippen LogP contribution in [0.1, 0.15) is 11.1 Å². The molecule has 0 saturated carbocycles. The van der Waals surface area contributed by atoms with Gasteiger partial charge in [0.15, 0.2) is 11.5 Å². The van der Waals surface area contributed by atoms with Crippen LogP contribution in [0.15, 0.2) is 69.9 Å². The Morgan fingerprint density at radius 3 is 2.12 bits per heavy atom. The Morgan fingerprint density at radius 2 is 1.50 bits per heavy atom. The van der Waals surface area contributed by atoms with Crippen LogP contribution in [-0.4, -0.2) is 21.3 Å². The van der Waals surface area contributed by atoms with Crippen LogP contribution in [0.2, 0.25) is 0 Å². The van der Waals surface area contributed by atoms with Crippen molar-refractivity contribution in [1.82, 2.24) is 0 Å². The molecule has 1 aromatic heterocycles. The van der Waals surface area contributed by atoms with E-state index < -0.39 is 5.63 Å². The van der Waals surface area contributed by atoms with Gasteiger partial charge in [-0.15, -0.1) is 0 Å². The Balaban J connectivity index is 1.70. The monoisotopic (exact) mass is 432 g/mol. The van der Waals surface area contributed by atoms with E-state index in [-0.39, 0.29) is 6.61 Å². The van der Waals surface area contributed by atoms with Crippen LogP contribution in [0.4, 0.5) is 0 Å². The molecule has 0 saturated heterocycles. The van der Waals surface area contributed by atoms with Crippen LogP contribution < -0.4 is 24.6 Å². The van der Waals surface area contributed by atoms with Gasteiger partial charge in [-0.2, -0.15) is 0 Å². The van der Waals surface area contributed by atoms with Gasteiger partial charge < -0.3 is 23.4 Å². The van der Waals surface area contributed by atoms with Crippen molar-refractivity contribution in [3.8, 4) is 34.1 Å². The van der Waals surface area contributed by atoms with Gasteiger partial charge in [-0.05, 0) is 47.9 Å². The number of methoxy groups -OCH3 is 3. The highest BCUT2D eigenvalue weighted by Gasteiger charge is 2.16. The molecule has 0 aliphatic heterocycles. The van der Waals surface area contributed by atoms with Crippen molar-refractivity contribution >= 4 is 11.0 Å². The molecule has 0 aliphatic rings. The number of fused-ring (bicyclic) bond motifs is 1. The third kappa shape index (κ3) is 3.99. The van der Waals surface area contributed by atoms with Gasteiger partial charge in [-0.1, -0.05) is 30.3 Å². The van der Waals surface area contributed by atoms with E-state index >= 15 is 0 Å². The molecule has 6 nitrogen and oxygen atoms in total. The lowest BCUT2D eigenvalue weighted by Crippen LogP contribution is -2.03. The maximum Gasteiger partial charge on any atom is 0.336 e. The van der Waals surface area contributed by atoms with E-state index in [1.165, 1.54) is 6.07 Å². The normalized spacial score (nSPS) is 10.8. The molecular weight excluding hydrogens is 408 g/mol. The highest BCUT2D eigenvalue weighted by atomic mass is 16.5. The van der Waals surface area contributed by atoms with Crippen molar-refractivity contribution in [2.45, 2.75) is 13.5 Å². The lowest BCUT2D eigenvalue weighted by atomic mass is 10.0. The fourth-order valence-corrected chi connectivity index (χ4v) is 3.74. The van der Waals surface area contributed by atoms with E-state index in [1.54, 1.807) is 21.3 Å². The molecule has 32 heavy (non-hydrogen) atoms. The molecule has 0 radical (unpaired) electrons. The highest BCUT2D eigenvalue weighted by Crippen LogP contribution is 2.39. The maximum absolute atomic E-state index is 12.3. The lowest BCUT2D eigenvalue weighted by Gasteiger charge is -2.16. The van der Waals surface area contributed by atoms with E-state index in [1.807, 2.05) is 61.5 Å². The molecule has 4 aromatic rings. The average Bonchev–Trinajstić information content (AvgIpc) is 2.83. The second-order valence-corrected chi connectivity index (χ2v) is 7.23. The minimum Gasteiger partial charge on any atom is -0.493 e. The van der Waals surface area contributed by atoms with Crippen LogP contribution in [0.5, 0.6) is 23.0 Å². The van der Waals surface area contributed by atoms with E-state index in [2.05, 4.69) is 0 Å². The highest BCUT2D eigenvalue weighted by molar-refractivity contribution is 5.95. The number of aryl methyl sites for hydroxylation is 1. The van der Waals surface area contributed by atoms with E-state index in [4.69, 9.17) is 23.4 Å². The van der Waals surface area contributed by atoms with Crippen LogP contribution in [0.25, 0.3) is 22.1 Å². The van der Waals surface area contributed by atoms with E-state index in [0.717, 1.165) is 27.6 Å². The fraction of sp³-hybridized carbons (Fsp3) is 0.192. The summed E-state index contributed by atoms with van der Waals surface area (Å²) in [4.78, 5) is 12.3. The summed E-state index contributed by atoms with van der Waals surface area (Å²) in [5, 5.41) is 0.855.